The molecule has 0 spiro atoms. The topological polar surface area (TPSA) is 15.7 Å². The predicted octanol–water partition coefficient (Wildman–Crippen LogP) is 3.39. The Kier molecular flexibility index (Phi) is 6.97. The summed E-state index contributed by atoms with van der Waals surface area (Å²) in [7, 11) is 1.86. The van der Waals surface area contributed by atoms with Crippen LogP contribution in [0.15, 0.2) is 0 Å². The van der Waals surface area contributed by atoms with Gasteiger partial charge in [0.2, 0.25) is 0 Å². The van der Waals surface area contributed by atoms with Gasteiger partial charge in [-0.05, 0) is 71.8 Å². The second-order valence-electron chi connectivity index (χ2n) is 7.49. The number of hydrogen-bond donors (Lipinski definition) is 0. The molecule has 1 aliphatic carbocycles. The molecule has 0 radical (unpaired) electrons. The molecule has 1 atom stereocenters. The Labute approximate surface area is 132 Å². The van der Waals surface area contributed by atoms with Crippen molar-refractivity contribution in [3.63, 3.8) is 0 Å². The van der Waals surface area contributed by atoms with Crippen molar-refractivity contribution in [3.8, 4) is 0 Å². The molecule has 1 aliphatic heterocycles. The summed E-state index contributed by atoms with van der Waals surface area (Å²) in [5.74, 6) is 0.962. The minimum absolute atomic E-state index is 0.547. The Bertz CT molecular complexity index is 287. The molecule has 3 nitrogen and oxygen atoms in total. The minimum Gasteiger partial charge on any atom is -0.381 e. The molecule has 0 bridgehead atoms. The Hall–Kier alpha value is -0.120. The fourth-order valence-electron chi connectivity index (χ4n) is 4.06. The second kappa shape index (κ2) is 8.50. The van der Waals surface area contributed by atoms with Crippen LogP contribution >= 0.6 is 0 Å². The molecular formula is C18H36N2O. The summed E-state index contributed by atoms with van der Waals surface area (Å²) in [5, 5.41) is 0. The summed E-state index contributed by atoms with van der Waals surface area (Å²) in [4.78, 5) is 5.33. The van der Waals surface area contributed by atoms with Crippen LogP contribution in [0.2, 0.25) is 0 Å². The van der Waals surface area contributed by atoms with Gasteiger partial charge in [-0.1, -0.05) is 0 Å². The Balaban J connectivity index is 1.61. The van der Waals surface area contributed by atoms with Crippen molar-refractivity contribution < 1.29 is 4.74 Å². The third kappa shape index (κ3) is 5.22. The van der Waals surface area contributed by atoms with E-state index in [-0.39, 0.29) is 0 Å². The van der Waals surface area contributed by atoms with Gasteiger partial charge in [0.1, 0.15) is 0 Å². The predicted molar refractivity (Wildman–Crippen MR) is 89.7 cm³/mol. The lowest BCUT2D eigenvalue weighted by Crippen LogP contribution is -2.53. The molecule has 2 rings (SSSR count). The van der Waals surface area contributed by atoms with Gasteiger partial charge in [-0.2, -0.15) is 0 Å². The van der Waals surface area contributed by atoms with Crippen LogP contribution in [0, 0.1) is 5.92 Å². The maximum absolute atomic E-state index is 5.47. The van der Waals surface area contributed by atoms with Gasteiger partial charge >= 0.3 is 0 Å². The van der Waals surface area contributed by atoms with Crippen LogP contribution in [0.4, 0.5) is 0 Å². The first-order valence-electron chi connectivity index (χ1n) is 9.11. The lowest BCUT2D eigenvalue weighted by Gasteiger charge is -2.42. The zero-order chi connectivity index (χ0) is 15.2. The molecule has 2 aliphatic rings. The fourth-order valence-corrected chi connectivity index (χ4v) is 4.06. The highest BCUT2D eigenvalue weighted by molar-refractivity contribution is 4.81. The maximum atomic E-state index is 5.47. The van der Waals surface area contributed by atoms with Crippen LogP contribution in [0.3, 0.4) is 0 Å². The van der Waals surface area contributed by atoms with Crippen LogP contribution in [0.25, 0.3) is 0 Å². The lowest BCUT2D eigenvalue weighted by molar-refractivity contribution is 0.0497. The van der Waals surface area contributed by atoms with Crippen molar-refractivity contribution in [2.24, 2.45) is 5.92 Å². The monoisotopic (exact) mass is 296 g/mol. The van der Waals surface area contributed by atoms with E-state index in [9.17, 15) is 0 Å². The summed E-state index contributed by atoms with van der Waals surface area (Å²) in [6, 6.07) is 1.43. The number of rotatable bonds is 6. The van der Waals surface area contributed by atoms with Crippen molar-refractivity contribution in [2.75, 3.05) is 33.3 Å². The zero-order valence-corrected chi connectivity index (χ0v) is 14.7. The highest BCUT2D eigenvalue weighted by atomic mass is 16.5. The highest BCUT2D eigenvalue weighted by Gasteiger charge is 2.25. The SMILES string of the molecule is CO[C@H]1CC[C@H](CCCN2CCN(C(C)C)C[C@@H]2C)CC1. The van der Waals surface area contributed by atoms with Gasteiger partial charge in [0.15, 0.2) is 0 Å². The average molecular weight is 296 g/mol. The van der Waals surface area contributed by atoms with Gasteiger partial charge in [0.05, 0.1) is 6.10 Å². The molecule has 1 heterocycles. The zero-order valence-electron chi connectivity index (χ0n) is 14.7. The van der Waals surface area contributed by atoms with E-state index >= 15 is 0 Å². The maximum Gasteiger partial charge on any atom is 0.0571 e. The molecule has 0 aromatic rings. The first kappa shape index (κ1) is 17.2. The van der Waals surface area contributed by atoms with Crippen LogP contribution < -0.4 is 0 Å². The normalized spacial score (nSPS) is 32.7. The minimum atomic E-state index is 0.547. The van der Waals surface area contributed by atoms with Crippen LogP contribution in [0.1, 0.15) is 59.3 Å². The Morgan fingerprint density at radius 2 is 1.81 bits per heavy atom. The van der Waals surface area contributed by atoms with Crippen LogP contribution in [-0.4, -0.2) is 61.3 Å². The third-order valence-electron chi connectivity index (χ3n) is 5.71. The van der Waals surface area contributed by atoms with Crippen LogP contribution in [0.5, 0.6) is 0 Å². The van der Waals surface area contributed by atoms with Crippen molar-refractivity contribution in [1.29, 1.82) is 0 Å². The summed E-state index contributed by atoms with van der Waals surface area (Å²) in [6.07, 6.45) is 8.69. The van der Waals surface area contributed by atoms with Crippen molar-refractivity contribution in [1.82, 2.24) is 9.80 Å². The van der Waals surface area contributed by atoms with Crippen molar-refractivity contribution in [3.05, 3.63) is 0 Å². The van der Waals surface area contributed by atoms with Crippen molar-refractivity contribution >= 4 is 0 Å². The molecule has 0 N–H and O–H groups in total. The van der Waals surface area contributed by atoms with Crippen molar-refractivity contribution in [2.45, 2.75) is 77.5 Å². The molecule has 124 valence electrons. The molecule has 3 heteroatoms. The number of hydrogen-bond acceptors (Lipinski definition) is 3. The fraction of sp³-hybridized carbons (Fsp3) is 1.00. The summed E-state index contributed by atoms with van der Waals surface area (Å²) >= 11 is 0. The van der Waals surface area contributed by atoms with Gasteiger partial charge in [-0.15, -0.1) is 0 Å². The molecule has 2 fully saturated rings. The molecule has 1 saturated heterocycles. The summed E-state index contributed by atoms with van der Waals surface area (Å²) < 4.78 is 5.47. The first-order chi connectivity index (χ1) is 10.1. The summed E-state index contributed by atoms with van der Waals surface area (Å²) in [5.41, 5.74) is 0. The molecule has 0 aromatic heterocycles. The number of piperazine rings is 1. The smallest absolute Gasteiger partial charge is 0.0571 e. The Morgan fingerprint density at radius 1 is 1.10 bits per heavy atom. The van der Waals surface area contributed by atoms with E-state index in [1.807, 2.05) is 7.11 Å². The van der Waals surface area contributed by atoms with E-state index in [1.54, 1.807) is 0 Å². The quantitative estimate of drug-likeness (QED) is 0.747. The number of ether oxygens (including phenoxy) is 1. The van der Waals surface area contributed by atoms with E-state index in [0.29, 0.717) is 12.1 Å². The summed E-state index contributed by atoms with van der Waals surface area (Å²) in [6.45, 7) is 12.1. The van der Waals surface area contributed by atoms with Gasteiger partial charge in [0.25, 0.3) is 0 Å². The second-order valence-corrected chi connectivity index (χ2v) is 7.49. The van der Waals surface area contributed by atoms with E-state index in [2.05, 4.69) is 30.6 Å². The van der Waals surface area contributed by atoms with Gasteiger partial charge in [-0.25, -0.2) is 0 Å². The molecule has 1 saturated carbocycles. The highest BCUT2D eigenvalue weighted by Crippen LogP contribution is 2.29. The molecule has 21 heavy (non-hydrogen) atoms. The van der Waals surface area contributed by atoms with Crippen LogP contribution in [-0.2, 0) is 4.74 Å². The Morgan fingerprint density at radius 3 is 2.38 bits per heavy atom. The van der Waals surface area contributed by atoms with E-state index in [0.717, 1.165) is 12.0 Å². The number of methoxy groups -OCH3 is 1. The standard InChI is InChI=1S/C18H36N2O/c1-15(2)20-13-12-19(16(3)14-20)11-5-6-17-7-9-18(21-4)10-8-17/h15-18H,5-14H2,1-4H3/t16-,17-,18-/m0/s1. The van der Waals surface area contributed by atoms with Gasteiger partial charge in [0, 0.05) is 38.8 Å². The van der Waals surface area contributed by atoms with E-state index < -0.39 is 0 Å². The van der Waals surface area contributed by atoms with E-state index in [4.69, 9.17) is 4.74 Å². The van der Waals surface area contributed by atoms with Gasteiger partial charge in [-0.3, -0.25) is 9.80 Å². The van der Waals surface area contributed by atoms with E-state index in [1.165, 1.54) is 64.7 Å². The average Bonchev–Trinajstić information content (AvgIpc) is 2.49. The molecule has 0 aromatic carbocycles. The largest absolute Gasteiger partial charge is 0.381 e. The first-order valence-corrected chi connectivity index (χ1v) is 9.11. The lowest BCUT2D eigenvalue weighted by atomic mass is 9.84. The molecular weight excluding hydrogens is 260 g/mol. The third-order valence-corrected chi connectivity index (χ3v) is 5.71. The number of nitrogens with zero attached hydrogens (tertiary/aromatic N) is 2. The van der Waals surface area contributed by atoms with Gasteiger partial charge < -0.3 is 4.74 Å². The molecule has 0 unspecified atom stereocenters. The molecule has 0 amide bonds.